The van der Waals surface area contributed by atoms with Crippen molar-refractivity contribution in [2.45, 2.75) is 52.2 Å². The summed E-state index contributed by atoms with van der Waals surface area (Å²) < 4.78 is 11.1. The van der Waals surface area contributed by atoms with Crippen molar-refractivity contribution in [3.05, 3.63) is 23.4 Å². The van der Waals surface area contributed by atoms with Gasteiger partial charge in [0.1, 0.15) is 11.9 Å². The van der Waals surface area contributed by atoms with Gasteiger partial charge in [-0.1, -0.05) is 25.4 Å². The highest BCUT2D eigenvalue weighted by Crippen LogP contribution is 2.20. The Kier molecular flexibility index (Phi) is 5.35. The molecule has 0 bridgehead atoms. The molecule has 0 saturated carbocycles. The van der Waals surface area contributed by atoms with Crippen LogP contribution in [0.4, 0.5) is 0 Å². The Morgan fingerprint density at radius 3 is 3.00 bits per heavy atom. The van der Waals surface area contributed by atoms with Crippen molar-refractivity contribution in [3.63, 3.8) is 0 Å². The van der Waals surface area contributed by atoms with E-state index in [1.807, 2.05) is 6.92 Å². The molecule has 2 aromatic heterocycles. The minimum absolute atomic E-state index is 0.105. The fourth-order valence-corrected chi connectivity index (χ4v) is 2.60. The first kappa shape index (κ1) is 16.1. The Hall–Kier alpha value is -1.80. The molecule has 1 saturated heterocycles. The molecule has 1 aliphatic heterocycles. The molecule has 1 aliphatic rings. The number of unbranched alkanes of at least 4 members (excludes halogenated alkanes) is 1. The van der Waals surface area contributed by atoms with E-state index in [0.29, 0.717) is 13.2 Å². The van der Waals surface area contributed by atoms with Crippen LogP contribution in [0.3, 0.4) is 0 Å². The van der Waals surface area contributed by atoms with Crippen molar-refractivity contribution in [1.82, 2.24) is 30.2 Å². The van der Waals surface area contributed by atoms with Gasteiger partial charge in [0, 0.05) is 25.9 Å². The number of hydrogen-bond acceptors (Lipinski definition) is 7. The number of ether oxygens (including phenoxy) is 1. The molecule has 2 aromatic rings. The summed E-state index contributed by atoms with van der Waals surface area (Å²) in [4.78, 5) is 11.2. The second-order valence-corrected chi connectivity index (χ2v) is 5.80. The van der Waals surface area contributed by atoms with E-state index in [1.165, 1.54) is 0 Å². The van der Waals surface area contributed by atoms with E-state index in [-0.39, 0.29) is 6.10 Å². The Balaban J connectivity index is 1.57. The van der Waals surface area contributed by atoms with E-state index in [1.54, 1.807) is 0 Å². The maximum atomic E-state index is 5.80. The van der Waals surface area contributed by atoms with Crippen LogP contribution in [-0.2, 0) is 24.1 Å². The highest BCUT2D eigenvalue weighted by Gasteiger charge is 2.26. The zero-order valence-electron chi connectivity index (χ0n) is 13.8. The monoisotopic (exact) mass is 320 g/mol. The largest absolute Gasteiger partial charge is 0.367 e. The molecule has 1 fully saturated rings. The summed E-state index contributed by atoms with van der Waals surface area (Å²) in [7, 11) is 0. The number of rotatable bonds is 7. The molecule has 8 nitrogen and oxygen atoms in total. The van der Waals surface area contributed by atoms with Crippen molar-refractivity contribution in [3.8, 4) is 0 Å². The van der Waals surface area contributed by atoms with E-state index in [0.717, 1.165) is 62.1 Å². The van der Waals surface area contributed by atoms with Crippen LogP contribution in [-0.4, -0.2) is 49.9 Å². The fourth-order valence-electron chi connectivity index (χ4n) is 2.60. The Labute approximate surface area is 135 Å². The first-order valence-corrected chi connectivity index (χ1v) is 8.35. The normalized spacial score (nSPS) is 19.3. The quantitative estimate of drug-likeness (QED) is 0.829. The molecule has 0 aliphatic carbocycles. The third kappa shape index (κ3) is 4.14. The first-order chi connectivity index (χ1) is 11.3. The van der Waals surface area contributed by atoms with Crippen LogP contribution in [0.15, 0.2) is 4.52 Å². The molecule has 1 atom stereocenters. The average Bonchev–Trinajstić information content (AvgIpc) is 3.22. The summed E-state index contributed by atoms with van der Waals surface area (Å²) >= 11 is 0. The number of hydrogen-bond donors (Lipinski definition) is 1. The van der Waals surface area contributed by atoms with Crippen molar-refractivity contribution in [2.24, 2.45) is 0 Å². The minimum atomic E-state index is -0.105. The van der Waals surface area contributed by atoms with Gasteiger partial charge in [0.25, 0.3) is 0 Å². The number of H-pyrrole nitrogens is 1. The predicted octanol–water partition coefficient (Wildman–Crippen LogP) is 1.67. The van der Waals surface area contributed by atoms with E-state index in [4.69, 9.17) is 9.26 Å². The molecular formula is C15H24N6O2. The van der Waals surface area contributed by atoms with Gasteiger partial charge in [-0.3, -0.25) is 10.00 Å². The van der Waals surface area contributed by atoms with Gasteiger partial charge >= 0.3 is 0 Å². The van der Waals surface area contributed by atoms with E-state index >= 15 is 0 Å². The zero-order valence-corrected chi connectivity index (χ0v) is 13.8. The van der Waals surface area contributed by atoms with Crippen LogP contribution in [0, 0.1) is 0 Å². The number of nitrogens with one attached hydrogen (secondary N) is 1. The summed E-state index contributed by atoms with van der Waals surface area (Å²) in [5.74, 6) is 3.08. The number of aromatic nitrogens is 5. The summed E-state index contributed by atoms with van der Waals surface area (Å²) in [5.41, 5.74) is 0. The second kappa shape index (κ2) is 7.65. The third-order valence-corrected chi connectivity index (χ3v) is 3.94. The SMILES string of the molecule is CCCCc1nc(CN2CCO[C@H](c3n[nH]c(CC)n3)C2)no1. The fraction of sp³-hybridized carbons (Fsp3) is 0.733. The van der Waals surface area contributed by atoms with Crippen molar-refractivity contribution >= 4 is 0 Å². The summed E-state index contributed by atoms with van der Waals surface area (Å²) in [5, 5.41) is 11.3. The minimum Gasteiger partial charge on any atom is -0.367 e. The van der Waals surface area contributed by atoms with Crippen molar-refractivity contribution in [2.75, 3.05) is 19.7 Å². The lowest BCUT2D eigenvalue weighted by atomic mass is 10.2. The smallest absolute Gasteiger partial charge is 0.226 e. The van der Waals surface area contributed by atoms with Gasteiger partial charge in [-0.15, -0.1) is 0 Å². The standard InChI is InChI=1S/C15H24N6O2/c1-3-5-6-14-16-13(20-23-14)10-21-7-8-22-11(9-21)15-17-12(4-2)18-19-15/h11H,3-10H2,1-2H3,(H,17,18,19)/t11-/m0/s1. The Morgan fingerprint density at radius 2 is 2.22 bits per heavy atom. The Bertz CT molecular complexity index is 611. The maximum Gasteiger partial charge on any atom is 0.226 e. The van der Waals surface area contributed by atoms with Crippen LogP contribution < -0.4 is 0 Å². The molecule has 23 heavy (non-hydrogen) atoms. The van der Waals surface area contributed by atoms with Crippen molar-refractivity contribution < 1.29 is 9.26 Å². The number of nitrogens with zero attached hydrogens (tertiary/aromatic N) is 5. The van der Waals surface area contributed by atoms with Gasteiger partial charge in [0.15, 0.2) is 11.6 Å². The first-order valence-electron chi connectivity index (χ1n) is 8.35. The van der Waals surface area contributed by atoms with Crippen LogP contribution in [0.25, 0.3) is 0 Å². The highest BCUT2D eigenvalue weighted by atomic mass is 16.5. The molecule has 0 amide bonds. The third-order valence-electron chi connectivity index (χ3n) is 3.94. The predicted molar refractivity (Wildman–Crippen MR) is 82.6 cm³/mol. The molecule has 3 heterocycles. The molecule has 0 spiro atoms. The summed E-state index contributed by atoms with van der Waals surface area (Å²) in [6, 6.07) is 0. The number of aryl methyl sites for hydroxylation is 2. The molecule has 0 aromatic carbocycles. The highest BCUT2D eigenvalue weighted by molar-refractivity contribution is 4.97. The lowest BCUT2D eigenvalue weighted by molar-refractivity contribution is -0.0379. The molecule has 1 N–H and O–H groups in total. The second-order valence-electron chi connectivity index (χ2n) is 5.80. The molecule has 0 radical (unpaired) electrons. The lowest BCUT2D eigenvalue weighted by Crippen LogP contribution is -2.38. The molecular weight excluding hydrogens is 296 g/mol. The number of morpholine rings is 1. The van der Waals surface area contributed by atoms with Gasteiger partial charge in [-0.25, -0.2) is 4.98 Å². The zero-order chi connectivity index (χ0) is 16.1. The Morgan fingerprint density at radius 1 is 1.30 bits per heavy atom. The van der Waals surface area contributed by atoms with E-state index < -0.39 is 0 Å². The van der Waals surface area contributed by atoms with Crippen molar-refractivity contribution in [1.29, 1.82) is 0 Å². The number of aromatic amines is 1. The molecule has 8 heteroatoms. The molecule has 126 valence electrons. The molecule has 3 rings (SSSR count). The molecule has 0 unspecified atom stereocenters. The van der Waals surface area contributed by atoms with Gasteiger partial charge in [-0.05, 0) is 6.42 Å². The van der Waals surface area contributed by atoms with Gasteiger partial charge in [-0.2, -0.15) is 10.1 Å². The van der Waals surface area contributed by atoms with Crippen LogP contribution in [0.1, 0.15) is 56.2 Å². The lowest BCUT2D eigenvalue weighted by Gasteiger charge is -2.30. The summed E-state index contributed by atoms with van der Waals surface area (Å²) in [6.45, 7) is 7.10. The topological polar surface area (TPSA) is 93.0 Å². The van der Waals surface area contributed by atoms with Gasteiger partial charge in [0.05, 0.1) is 13.2 Å². The van der Waals surface area contributed by atoms with E-state index in [9.17, 15) is 0 Å². The van der Waals surface area contributed by atoms with Gasteiger partial charge in [0.2, 0.25) is 5.89 Å². The van der Waals surface area contributed by atoms with Crippen LogP contribution >= 0.6 is 0 Å². The average molecular weight is 320 g/mol. The summed E-state index contributed by atoms with van der Waals surface area (Å²) in [6.07, 6.45) is 3.79. The maximum absolute atomic E-state index is 5.80. The van der Waals surface area contributed by atoms with E-state index in [2.05, 4.69) is 37.1 Å². The van der Waals surface area contributed by atoms with Crippen LogP contribution in [0.5, 0.6) is 0 Å². The van der Waals surface area contributed by atoms with Gasteiger partial charge < -0.3 is 9.26 Å². The van der Waals surface area contributed by atoms with Crippen LogP contribution in [0.2, 0.25) is 0 Å².